The van der Waals surface area contributed by atoms with Crippen LogP contribution in [-0.4, -0.2) is 12.4 Å². The van der Waals surface area contributed by atoms with Crippen LogP contribution in [0.3, 0.4) is 0 Å². The lowest BCUT2D eigenvalue weighted by molar-refractivity contribution is 0.317. The van der Waals surface area contributed by atoms with Crippen molar-refractivity contribution in [1.82, 2.24) is 0 Å². The summed E-state index contributed by atoms with van der Waals surface area (Å²) in [6.45, 7) is -0.510. The lowest BCUT2D eigenvalue weighted by Crippen LogP contribution is -2.19. The van der Waals surface area contributed by atoms with Crippen LogP contribution in [0.2, 0.25) is 0 Å². The molecule has 98 valence electrons. The summed E-state index contributed by atoms with van der Waals surface area (Å²) in [5, 5.41) is 0. The molecule has 2 rings (SSSR count). The molecule has 0 spiro atoms. The first-order valence-corrected chi connectivity index (χ1v) is 6.71. The zero-order chi connectivity index (χ0) is 13.0. The van der Waals surface area contributed by atoms with E-state index < -0.39 is 34.3 Å². The Labute approximate surface area is 93.1 Å². The van der Waals surface area contributed by atoms with Crippen LogP contribution in [0.4, 0.5) is 23.8 Å². The predicted octanol–water partition coefficient (Wildman–Crippen LogP) is 4.60. The second kappa shape index (κ2) is 2.85. The van der Waals surface area contributed by atoms with E-state index >= 15 is 0 Å². The number of hydrogen-bond donors (Lipinski definition) is 0. The molecule has 1 unspecified atom stereocenters. The van der Waals surface area contributed by atoms with Crippen molar-refractivity contribution in [2.24, 2.45) is 0 Å². The van der Waals surface area contributed by atoms with Crippen molar-refractivity contribution in [2.75, 3.05) is 12.4 Å². The fourth-order valence-electron chi connectivity index (χ4n) is 1.77. The zero-order valence-electron chi connectivity index (χ0n) is 8.31. The summed E-state index contributed by atoms with van der Waals surface area (Å²) in [5.41, 5.74) is -0.154. The highest BCUT2D eigenvalue weighted by Gasteiger charge is 2.64. The van der Waals surface area contributed by atoms with Gasteiger partial charge in [-0.05, 0) is 18.2 Å². The minimum Gasteiger partial charge on any atom is -0.493 e. The van der Waals surface area contributed by atoms with Gasteiger partial charge in [0.05, 0.1) is 12.4 Å². The van der Waals surface area contributed by atoms with Gasteiger partial charge in [0.15, 0.2) is 0 Å². The standard InChI is InChI=1S/C9H8F6OS/c10-7-1-2-9-8(3-7)6(4-16-9)5-17(11,12,13,14)15/h1-3,6H,4-5H2. The van der Waals surface area contributed by atoms with Crippen molar-refractivity contribution in [3.63, 3.8) is 0 Å². The smallest absolute Gasteiger partial charge is 0.286 e. The Morgan fingerprint density at radius 1 is 1.18 bits per heavy atom. The van der Waals surface area contributed by atoms with Gasteiger partial charge < -0.3 is 4.74 Å². The largest absolute Gasteiger partial charge is 0.493 e. The average Bonchev–Trinajstić information content (AvgIpc) is 2.43. The molecule has 1 atom stereocenters. The van der Waals surface area contributed by atoms with Crippen molar-refractivity contribution in [3.05, 3.63) is 29.6 Å². The van der Waals surface area contributed by atoms with Gasteiger partial charge in [-0.3, -0.25) is 0 Å². The van der Waals surface area contributed by atoms with E-state index in [9.17, 15) is 23.8 Å². The molecule has 1 aliphatic rings. The molecule has 0 aliphatic carbocycles. The first-order chi connectivity index (χ1) is 7.43. The first kappa shape index (κ1) is 12.4. The Bertz CT molecular complexity index is 467. The van der Waals surface area contributed by atoms with Crippen molar-refractivity contribution in [1.29, 1.82) is 0 Å². The molecule has 0 N–H and O–H groups in total. The van der Waals surface area contributed by atoms with E-state index in [1.807, 2.05) is 0 Å². The third-order valence-corrected chi connectivity index (χ3v) is 3.40. The minimum atomic E-state index is -9.51. The minimum absolute atomic E-state index is 0.0262. The van der Waals surface area contributed by atoms with Crippen LogP contribution in [0.25, 0.3) is 0 Å². The van der Waals surface area contributed by atoms with E-state index in [0.29, 0.717) is 0 Å². The molecular weight excluding hydrogens is 270 g/mol. The van der Waals surface area contributed by atoms with Crippen LogP contribution >= 0.6 is 10.2 Å². The molecule has 0 saturated heterocycles. The lowest BCUT2D eigenvalue weighted by Gasteiger charge is -2.41. The highest BCUT2D eigenvalue weighted by Crippen LogP contribution is 2.98. The summed E-state index contributed by atoms with van der Waals surface area (Å²) in [6.07, 6.45) is 0. The molecule has 0 bridgehead atoms. The molecule has 1 aromatic rings. The summed E-state index contributed by atoms with van der Waals surface area (Å²) in [6, 6.07) is 2.94. The highest BCUT2D eigenvalue weighted by molar-refractivity contribution is 8.45. The van der Waals surface area contributed by atoms with E-state index in [1.54, 1.807) is 0 Å². The molecule has 17 heavy (non-hydrogen) atoms. The molecule has 0 saturated carbocycles. The second-order valence-corrected chi connectivity index (χ2v) is 6.58. The molecule has 0 fully saturated rings. The van der Waals surface area contributed by atoms with Gasteiger partial charge in [0.25, 0.3) is 10.2 Å². The Kier molecular flexibility index (Phi) is 2.08. The van der Waals surface area contributed by atoms with Gasteiger partial charge in [-0.25, -0.2) is 4.39 Å². The van der Waals surface area contributed by atoms with E-state index in [0.717, 1.165) is 18.2 Å². The van der Waals surface area contributed by atoms with Crippen molar-refractivity contribution < 1.29 is 28.6 Å². The summed E-state index contributed by atoms with van der Waals surface area (Å²) >= 11 is 0. The van der Waals surface area contributed by atoms with E-state index in [1.165, 1.54) is 0 Å². The van der Waals surface area contributed by atoms with Crippen LogP contribution in [0, 0.1) is 5.82 Å². The summed E-state index contributed by atoms with van der Waals surface area (Å²) in [5.74, 6) is -4.55. The van der Waals surface area contributed by atoms with Crippen LogP contribution in [0.1, 0.15) is 11.5 Å². The molecule has 8 heteroatoms. The second-order valence-electron chi connectivity index (χ2n) is 3.99. The third kappa shape index (κ3) is 3.21. The summed E-state index contributed by atoms with van der Waals surface area (Å²) in [7, 11) is -9.51. The van der Waals surface area contributed by atoms with Crippen LogP contribution < -0.4 is 4.74 Å². The molecule has 1 aromatic carbocycles. The van der Waals surface area contributed by atoms with Gasteiger partial charge in [-0.15, -0.1) is 0 Å². The van der Waals surface area contributed by atoms with Gasteiger partial charge in [0.1, 0.15) is 11.6 Å². The van der Waals surface area contributed by atoms with Gasteiger partial charge in [0.2, 0.25) is 0 Å². The molecule has 0 amide bonds. The number of rotatable bonds is 2. The van der Waals surface area contributed by atoms with Crippen LogP contribution in [0.5, 0.6) is 5.75 Å². The fourth-order valence-corrected chi connectivity index (χ4v) is 2.80. The Morgan fingerprint density at radius 2 is 1.82 bits per heavy atom. The van der Waals surface area contributed by atoms with Gasteiger partial charge in [-0.2, -0.15) is 0 Å². The molecule has 0 aromatic heterocycles. The molecule has 1 heterocycles. The maximum atomic E-state index is 12.8. The number of benzene rings is 1. The van der Waals surface area contributed by atoms with E-state index in [2.05, 4.69) is 0 Å². The summed E-state index contributed by atoms with van der Waals surface area (Å²) in [4.78, 5) is 0. The molecular formula is C9H8F6OS. The normalized spacial score (nSPS) is 23.5. The van der Waals surface area contributed by atoms with Gasteiger partial charge >= 0.3 is 0 Å². The van der Waals surface area contributed by atoms with Crippen molar-refractivity contribution in [2.45, 2.75) is 5.92 Å². The number of ether oxygens (including phenoxy) is 1. The fraction of sp³-hybridized carbons (Fsp3) is 0.333. The predicted molar refractivity (Wildman–Crippen MR) is 52.6 cm³/mol. The quantitative estimate of drug-likeness (QED) is 0.718. The highest BCUT2D eigenvalue weighted by atomic mass is 32.5. The zero-order valence-corrected chi connectivity index (χ0v) is 9.12. The lowest BCUT2D eigenvalue weighted by atomic mass is 10.0. The molecule has 1 aliphatic heterocycles. The number of halogens is 6. The Balaban J connectivity index is 2.33. The molecule has 1 nitrogen and oxygen atoms in total. The number of hydrogen-bond acceptors (Lipinski definition) is 1. The van der Waals surface area contributed by atoms with E-state index in [-0.39, 0.29) is 11.3 Å². The van der Waals surface area contributed by atoms with Crippen molar-refractivity contribution >= 4 is 10.2 Å². The maximum absolute atomic E-state index is 12.8. The van der Waals surface area contributed by atoms with Crippen molar-refractivity contribution in [3.8, 4) is 5.75 Å². The maximum Gasteiger partial charge on any atom is 0.286 e. The monoisotopic (exact) mass is 278 g/mol. The van der Waals surface area contributed by atoms with E-state index in [4.69, 9.17) is 4.74 Å². The topological polar surface area (TPSA) is 9.23 Å². The van der Waals surface area contributed by atoms with Gasteiger partial charge in [-0.1, -0.05) is 19.4 Å². The summed E-state index contributed by atoms with van der Waals surface area (Å²) < 4.78 is 79.2. The van der Waals surface area contributed by atoms with Gasteiger partial charge in [0, 0.05) is 11.5 Å². The molecule has 0 radical (unpaired) electrons. The van der Waals surface area contributed by atoms with Crippen LogP contribution in [-0.2, 0) is 0 Å². The Hall–Kier alpha value is -1.05. The Morgan fingerprint density at radius 3 is 2.41 bits per heavy atom. The SMILES string of the molecule is Fc1ccc2c(c1)C(CS(F)(F)(F)(F)F)CO2. The average molecular weight is 278 g/mol. The first-order valence-electron chi connectivity index (χ1n) is 4.59. The van der Waals surface area contributed by atoms with Crippen LogP contribution in [0.15, 0.2) is 18.2 Å². The number of fused-ring (bicyclic) bond motifs is 1. The third-order valence-electron chi connectivity index (χ3n) is 2.37.